The minimum atomic E-state index is 0.0544. The van der Waals surface area contributed by atoms with Crippen molar-refractivity contribution < 1.29 is 18.9 Å². The second-order valence-corrected chi connectivity index (χ2v) is 8.13. The van der Waals surface area contributed by atoms with Crippen molar-refractivity contribution in [1.29, 1.82) is 0 Å². The monoisotopic (exact) mass is 428 g/mol. The molecule has 1 aliphatic heterocycles. The molecule has 0 N–H and O–H groups in total. The van der Waals surface area contributed by atoms with Gasteiger partial charge in [0.1, 0.15) is 18.0 Å². The zero-order chi connectivity index (χ0) is 21.9. The van der Waals surface area contributed by atoms with Crippen LogP contribution in [0.3, 0.4) is 0 Å². The van der Waals surface area contributed by atoms with Gasteiger partial charge in [0.15, 0.2) is 11.6 Å². The van der Waals surface area contributed by atoms with Crippen molar-refractivity contribution in [2.45, 2.75) is 65.1 Å². The van der Waals surface area contributed by atoms with Gasteiger partial charge in [-0.25, -0.2) is 9.97 Å². The summed E-state index contributed by atoms with van der Waals surface area (Å²) in [5.41, 5.74) is 0.951. The average Bonchev–Trinajstić information content (AvgIpc) is 3.65. The lowest BCUT2D eigenvalue weighted by Crippen LogP contribution is -2.30. The number of aromatic nitrogens is 2. The molecule has 3 atom stereocenters. The fraction of sp³-hybridized carbons (Fsp3) is 0.600. The van der Waals surface area contributed by atoms with Crippen LogP contribution in [-0.2, 0) is 9.47 Å². The first-order chi connectivity index (χ1) is 15.2. The number of benzene rings is 1. The van der Waals surface area contributed by atoms with Gasteiger partial charge >= 0.3 is 0 Å². The fourth-order valence-electron chi connectivity index (χ4n) is 3.26. The number of rotatable bonds is 15. The Labute approximate surface area is 186 Å². The summed E-state index contributed by atoms with van der Waals surface area (Å²) in [7, 11) is 0. The Morgan fingerprint density at radius 2 is 1.65 bits per heavy atom. The Morgan fingerprint density at radius 3 is 2.29 bits per heavy atom. The van der Waals surface area contributed by atoms with E-state index in [1.807, 2.05) is 24.3 Å². The highest BCUT2D eigenvalue weighted by Gasteiger charge is 2.37. The molecule has 2 heterocycles. The Balaban J connectivity index is 1.43. The summed E-state index contributed by atoms with van der Waals surface area (Å²) in [4.78, 5) is 8.96. The fourth-order valence-corrected chi connectivity index (χ4v) is 3.26. The Morgan fingerprint density at radius 1 is 0.968 bits per heavy atom. The Hall–Kier alpha value is -2.18. The van der Waals surface area contributed by atoms with Crippen LogP contribution in [0.4, 0.5) is 0 Å². The molecule has 6 heteroatoms. The highest BCUT2D eigenvalue weighted by Crippen LogP contribution is 2.27. The van der Waals surface area contributed by atoms with E-state index in [2.05, 4.69) is 30.7 Å². The van der Waals surface area contributed by atoms with Crippen LogP contribution in [0.1, 0.15) is 52.9 Å². The smallest absolute Gasteiger partial charge is 0.159 e. The third-order valence-electron chi connectivity index (χ3n) is 5.54. The predicted octanol–water partition coefficient (Wildman–Crippen LogP) is 5.31. The molecule has 31 heavy (non-hydrogen) atoms. The number of nitrogens with zero attached hydrogens (tertiary/aromatic N) is 2. The van der Waals surface area contributed by atoms with E-state index >= 15 is 0 Å². The van der Waals surface area contributed by atoms with Crippen molar-refractivity contribution in [2.75, 3.05) is 26.4 Å². The lowest BCUT2D eigenvalue weighted by Gasteiger charge is -2.22. The highest BCUT2D eigenvalue weighted by atomic mass is 16.6. The van der Waals surface area contributed by atoms with E-state index in [1.54, 1.807) is 12.4 Å². The maximum atomic E-state index is 6.11. The third kappa shape index (κ3) is 7.78. The summed E-state index contributed by atoms with van der Waals surface area (Å²) >= 11 is 0. The van der Waals surface area contributed by atoms with Gasteiger partial charge in [-0.1, -0.05) is 27.2 Å². The van der Waals surface area contributed by atoms with Crippen LogP contribution in [0.25, 0.3) is 11.4 Å². The van der Waals surface area contributed by atoms with Gasteiger partial charge in [-0.3, -0.25) is 0 Å². The molecule has 0 bridgehead atoms. The second-order valence-electron chi connectivity index (χ2n) is 8.13. The van der Waals surface area contributed by atoms with Gasteiger partial charge in [-0.05, 0) is 55.9 Å². The lowest BCUT2D eigenvalue weighted by atomic mass is 9.99. The lowest BCUT2D eigenvalue weighted by molar-refractivity contribution is 0.105. The van der Waals surface area contributed by atoms with Gasteiger partial charge in [0, 0.05) is 18.8 Å². The number of hydrogen-bond acceptors (Lipinski definition) is 6. The van der Waals surface area contributed by atoms with Crippen molar-refractivity contribution in [1.82, 2.24) is 9.97 Å². The van der Waals surface area contributed by atoms with E-state index in [0.29, 0.717) is 24.1 Å². The van der Waals surface area contributed by atoms with Crippen LogP contribution in [-0.4, -0.2) is 48.6 Å². The zero-order valence-electron chi connectivity index (χ0n) is 19.1. The molecule has 1 aromatic carbocycles. The van der Waals surface area contributed by atoms with Gasteiger partial charge in [-0.15, -0.1) is 0 Å². The number of hydrogen-bond donors (Lipinski definition) is 0. The molecule has 0 spiro atoms. The average molecular weight is 429 g/mol. The van der Waals surface area contributed by atoms with Crippen LogP contribution in [0.15, 0.2) is 36.7 Å². The van der Waals surface area contributed by atoms with E-state index in [0.717, 1.165) is 56.8 Å². The van der Waals surface area contributed by atoms with Crippen molar-refractivity contribution in [3.8, 4) is 22.9 Å². The maximum Gasteiger partial charge on any atom is 0.159 e. The third-order valence-corrected chi connectivity index (χ3v) is 5.54. The molecule has 1 aliphatic rings. The van der Waals surface area contributed by atoms with E-state index in [1.165, 1.54) is 6.42 Å². The first-order valence-corrected chi connectivity index (χ1v) is 11.6. The quantitative estimate of drug-likeness (QED) is 0.283. The minimum absolute atomic E-state index is 0.0544. The minimum Gasteiger partial charge on any atom is -0.494 e. The maximum absolute atomic E-state index is 6.11. The van der Waals surface area contributed by atoms with Crippen molar-refractivity contribution in [2.24, 2.45) is 5.92 Å². The van der Waals surface area contributed by atoms with Crippen LogP contribution >= 0.6 is 0 Å². The summed E-state index contributed by atoms with van der Waals surface area (Å²) in [5.74, 6) is 2.64. The molecule has 0 amide bonds. The van der Waals surface area contributed by atoms with E-state index in [4.69, 9.17) is 18.9 Å². The van der Waals surface area contributed by atoms with E-state index in [9.17, 15) is 0 Å². The van der Waals surface area contributed by atoms with Gasteiger partial charge in [-0.2, -0.15) is 0 Å². The van der Waals surface area contributed by atoms with Crippen molar-refractivity contribution in [3.05, 3.63) is 36.7 Å². The molecular weight excluding hydrogens is 392 g/mol. The molecule has 0 saturated carbocycles. The van der Waals surface area contributed by atoms with Crippen molar-refractivity contribution in [3.63, 3.8) is 0 Å². The summed E-state index contributed by atoms with van der Waals surface area (Å²) in [6.45, 7) is 9.67. The number of epoxide rings is 1. The normalized spacial score (nSPS) is 17.2. The molecule has 1 aromatic heterocycles. The van der Waals surface area contributed by atoms with Gasteiger partial charge < -0.3 is 18.9 Å². The molecule has 1 saturated heterocycles. The standard InChI is InChI=1S/C25H36N2O4/c1-4-6-13-28-14-7-8-15-29-21-11-9-20(10-12-21)25-26-16-22(17-27-25)31-24(19(3)5-2)23-18-30-23/h9-12,16-17,19,23-24H,4-8,13-15,18H2,1-3H3/t19?,23-,24?/m0/s1. The molecular formula is C25H36N2O4. The molecule has 1 fully saturated rings. The molecule has 6 nitrogen and oxygen atoms in total. The van der Waals surface area contributed by atoms with Gasteiger partial charge in [0.2, 0.25) is 0 Å². The first-order valence-electron chi connectivity index (χ1n) is 11.6. The molecule has 0 aliphatic carbocycles. The number of unbranched alkanes of at least 4 members (excludes halogenated alkanes) is 2. The topological polar surface area (TPSA) is 66.0 Å². The van der Waals surface area contributed by atoms with E-state index < -0.39 is 0 Å². The van der Waals surface area contributed by atoms with Crippen LogP contribution < -0.4 is 9.47 Å². The SMILES string of the molecule is CCCCOCCCCOc1ccc(-c2ncc(OC(C(C)CC)[C@@H]3CO3)cn2)cc1. The summed E-state index contributed by atoms with van der Waals surface area (Å²) in [5, 5.41) is 0. The largest absolute Gasteiger partial charge is 0.494 e. The predicted molar refractivity (Wildman–Crippen MR) is 122 cm³/mol. The molecule has 2 aromatic rings. The molecule has 2 unspecified atom stereocenters. The Kier molecular flexibility index (Phi) is 9.56. The molecule has 170 valence electrons. The van der Waals surface area contributed by atoms with Gasteiger partial charge in [0.05, 0.1) is 25.6 Å². The van der Waals surface area contributed by atoms with E-state index in [-0.39, 0.29) is 12.2 Å². The number of ether oxygens (including phenoxy) is 4. The van der Waals surface area contributed by atoms with Gasteiger partial charge in [0.25, 0.3) is 0 Å². The molecule has 3 rings (SSSR count). The summed E-state index contributed by atoms with van der Waals surface area (Å²) in [6.07, 6.45) is 9.10. The van der Waals surface area contributed by atoms with Crippen LogP contribution in [0.2, 0.25) is 0 Å². The zero-order valence-corrected chi connectivity index (χ0v) is 19.1. The van der Waals surface area contributed by atoms with Crippen LogP contribution in [0, 0.1) is 5.92 Å². The summed E-state index contributed by atoms with van der Waals surface area (Å²) < 4.78 is 22.9. The molecule has 0 radical (unpaired) electrons. The van der Waals surface area contributed by atoms with Crippen molar-refractivity contribution >= 4 is 0 Å². The highest BCUT2D eigenvalue weighted by molar-refractivity contribution is 5.56. The Bertz CT molecular complexity index is 747. The summed E-state index contributed by atoms with van der Waals surface area (Å²) in [6, 6.07) is 7.90. The van der Waals surface area contributed by atoms with Crippen LogP contribution in [0.5, 0.6) is 11.5 Å². The second kappa shape index (κ2) is 12.6. The first kappa shape index (κ1) is 23.5.